The number of nitrogens with two attached hydrogens (primary N) is 1. The topological polar surface area (TPSA) is 71.8 Å². The quantitative estimate of drug-likeness (QED) is 0.673. The second kappa shape index (κ2) is 3.89. The molecule has 1 rings (SSSR count). The second-order valence-corrected chi connectivity index (χ2v) is 2.78. The Morgan fingerprint density at radius 3 is 2.85 bits per heavy atom. The number of imidazole rings is 1. The summed E-state index contributed by atoms with van der Waals surface area (Å²) in [5, 5.41) is 0. The molecule has 0 aliphatic carbocycles. The van der Waals surface area contributed by atoms with E-state index >= 15 is 0 Å². The fraction of sp³-hybridized carbons (Fsp3) is 0.333. The Bertz CT molecular complexity index is 339. The van der Waals surface area contributed by atoms with Crippen LogP contribution in [0.5, 0.6) is 0 Å². The molecule has 70 valence electrons. The van der Waals surface area contributed by atoms with E-state index in [-0.39, 0.29) is 0 Å². The first kappa shape index (κ1) is 9.51. The molecule has 0 atom stereocenters. The zero-order valence-electron chi connectivity index (χ0n) is 7.79. The third kappa shape index (κ3) is 2.43. The molecule has 0 fully saturated rings. The van der Waals surface area contributed by atoms with Crippen LogP contribution < -0.4 is 5.73 Å². The number of hydrogen-bond donors (Lipinski definition) is 2. The molecule has 4 nitrogen and oxygen atoms in total. The Kier molecular flexibility index (Phi) is 2.84. The van der Waals surface area contributed by atoms with Gasteiger partial charge in [-0.1, -0.05) is 6.92 Å². The Labute approximate surface area is 76.9 Å². The number of hydrogen-bond acceptors (Lipinski definition) is 2. The summed E-state index contributed by atoms with van der Waals surface area (Å²) in [5.41, 5.74) is 6.69. The van der Waals surface area contributed by atoms with E-state index in [2.05, 4.69) is 9.97 Å². The number of nitrogens with one attached hydrogen (secondary N) is 1. The average Bonchev–Trinajstić information content (AvgIpc) is 2.43. The summed E-state index contributed by atoms with van der Waals surface area (Å²) >= 11 is 0. The van der Waals surface area contributed by atoms with Gasteiger partial charge in [-0.2, -0.15) is 0 Å². The van der Waals surface area contributed by atoms with Gasteiger partial charge in [-0.25, -0.2) is 4.98 Å². The van der Waals surface area contributed by atoms with Crippen molar-refractivity contribution in [3.05, 3.63) is 23.3 Å². The van der Waals surface area contributed by atoms with Gasteiger partial charge in [-0.05, 0) is 13.0 Å². The number of carbonyl (C=O) groups is 1. The summed E-state index contributed by atoms with van der Waals surface area (Å²) < 4.78 is 0. The van der Waals surface area contributed by atoms with Gasteiger partial charge in [-0.3, -0.25) is 4.79 Å². The molecule has 13 heavy (non-hydrogen) atoms. The molecule has 1 aromatic rings. The van der Waals surface area contributed by atoms with E-state index in [0.29, 0.717) is 0 Å². The lowest BCUT2D eigenvalue weighted by Gasteiger charge is -1.85. The molecular formula is C9H13N3O. The zero-order valence-corrected chi connectivity index (χ0v) is 7.79. The van der Waals surface area contributed by atoms with Gasteiger partial charge in [0.05, 0.1) is 5.69 Å². The van der Waals surface area contributed by atoms with Crippen LogP contribution >= 0.6 is 0 Å². The Balaban J connectivity index is 2.88. The number of primary amides is 1. The van der Waals surface area contributed by atoms with E-state index in [1.807, 2.05) is 13.8 Å². The normalized spacial score (nSPS) is 10.9. The average molecular weight is 179 g/mol. The van der Waals surface area contributed by atoms with Crippen molar-refractivity contribution in [1.29, 1.82) is 0 Å². The number of aromatic amines is 1. The molecular weight excluding hydrogens is 166 g/mol. The monoisotopic (exact) mass is 179 g/mol. The lowest BCUT2D eigenvalue weighted by Crippen LogP contribution is -2.05. The number of amides is 1. The Morgan fingerprint density at radius 2 is 2.38 bits per heavy atom. The van der Waals surface area contributed by atoms with Crippen LogP contribution in [0.1, 0.15) is 24.1 Å². The number of carbonyl (C=O) groups excluding carboxylic acids is 1. The standard InChI is InChI=1S/C9H13N3O/c1-3-9-11-6(2)7(12-9)4-5-8(10)13/h4-5H,3H2,1-2H3,(H2,10,13)(H,11,12)/b5-4+. The fourth-order valence-corrected chi connectivity index (χ4v) is 1.03. The van der Waals surface area contributed by atoms with E-state index in [9.17, 15) is 4.79 Å². The molecule has 4 heteroatoms. The first-order chi connectivity index (χ1) is 6.13. The van der Waals surface area contributed by atoms with Crippen LogP contribution in [0.25, 0.3) is 6.08 Å². The van der Waals surface area contributed by atoms with Gasteiger partial charge < -0.3 is 10.7 Å². The van der Waals surface area contributed by atoms with Gasteiger partial charge in [0, 0.05) is 18.2 Å². The zero-order chi connectivity index (χ0) is 9.84. The first-order valence-electron chi connectivity index (χ1n) is 4.16. The molecule has 1 amide bonds. The lowest BCUT2D eigenvalue weighted by atomic mass is 10.3. The number of H-pyrrole nitrogens is 1. The predicted molar refractivity (Wildman–Crippen MR) is 50.9 cm³/mol. The maximum absolute atomic E-state index is 10.5. The van der Waals surface area contributed by atoms with Crippen LogP contribution in [0, 0.1) is 6.92 Å². The van der Waals surface area contributed by atoms with E-state index in [1.54, 1.807) is 6.08 Å². The van der Waals surface area contributed by atoms with Crippen LogP contribution in [-0.4, -0.2) is 15.9 Å². The van der Waals surface area contributed by atoms with Crippen molar-refractivity contribution in [2.75, 3.05) is 0 Å². The molecule has 0 unspecified atom stereocenters. The van der Waals surface area contributed by atoms with Crippen LogP contribution in [0.3, 0.4) is 0 Å². The first-order valence-corrected chi connectivity index (χ1v) is 4.16. The van der Waals surface area contributed by atoms with Gasteiger partial charge >= 0.3 is 0 Å². The predicted octanol–water partition coefficient (Wildman–Crippen LogP) is 0.779. The van der Waals surface area contributed by atoms with Gasteiger partial charge in [0.2, 0.25) is 5.91 Å². The summed E-state index contributed by atoms with van der Waals surface area (Å²) in [6, 6.07) is 0. The van der Waals surface area contributed by atoms with Crippen LogP contribution in [0.15, 0.2) is 6.08 Å². The molecule has 3 N–H and O–H groups in total. The summed E-state index contributed by atoms with van der Waals surface area (Å²) in [4.78, 5) is 17.8. The number of aryl methyl sites for hydroxylation is 2. The Hall–Kier alpha value is -1.58. The minimum atomic E-state index is -0.458. The van der Waals surface area contributed by atoms with Crippen molar-refractivity contribution in [3.8, 4) is 0 Å². The van der Waals surface area contributed by atoms with Crippen LogP contribution in [0.2, 0.25) is 0 Å². The van der Waals surface area contributed by atoms with E-state index in [0.717, 1.165) is 23.6 Å². The minimum Gasteiger partial charge on any atom is -0.366 e. The molecule has 0 aromatic carbocycles. The number of rotatable bonds is 3. The minimum absolute atomic E-state index is 0.458. The SMILES string of the molecule is CCc1nc(/C=C/C(N)=O)c(C)[nH]1. The van der Waals surface area contributed by atoms with Crippen LogP contribution in [0.4, 0.5) is 0 Å². The second-order valence-electron chi connectivity index (χ2n) is 2.78. The fourth-order valence-electron chi connectivity index (χ4n) is 1.03. The molecule has 0 aliphatic rings. The van der Waals surface area contributed by atoms with Gasteiger partial charge in [0.25, 0.3) is 0 Å². The van der Waals surface area contributed by atoms with Crippen LogP contribution in [-0.2, 0) is 11.2 Å². The highest BCUT2D eigenvalue weighted by Gasteiger charge is 2.01. The molecule has 0 radical (unpaired) electrons. The molecule has 0 bridgehead atoms. The largest absolute Gasteiger partial charge is 0.366 e. The maximum Gasteiger partial charge on any atom is 0.241 e. The molecule has 1 heterocycles. The van der Waals surface area contributed by atoms with Crippen molar-refractivity contribution >= 4 is 12.0 Å². The molecule has 0 saturated carbocycles. The van der Waals surface area contributed by atoms with Crippen molar-refractivity contribution in [2.45, 2.75) is 20.3 Å². The summed E-state index contributed by atoms with van der Waals surface area (Å²) in [7, 11) is 0. The molecule has 0 aliphatic heterocycles. The van der Waals surface area contributed by atoms with Crippen molar-refractivity contribution in [3.63, 3.8) is 0 Å². The van der Waals surface area contributed by atoms with E-state index in [4.69, 9.17) is 5.73 Å². The highest BCUT2D eigenvalue weighted by Crippen LogP contribution is 2.06. The van der Waals surface area contributed by atoms with Gasteiger partial charge in [0.15, 0.2) is 0 Å². The highest BCUT2D eigenvalue weighted by atomic mass is 16.1. The van der Waals surface area contributed by atoms with Gasteiger partial charge in [-0.15, -0.1) is 0 Å². The number of nitrogens with zero attached hydrogens (tertiary/aromatic N) is 1. The van der Waals surface area contributed by atoms with E-state index < -0.39 is 5.91 Å². The maximum atomic E-state index is 10.5. The number of aromatic nitrogens is 2. The third-order valence-corrected chi connectivity index (χ3v) is 1.71. The summed E-state index contributed by atoms with van der Waals surface area (Å²) in [6.45, 7) is 3.92. The summed E-state index contributed by atoms with van der Waals surface area (Å²) in [6.07, 6.45) is 3.78. The van der Waals surface area contributed by atoms with Crippen molar-refractivity contribution in [1.82, 2.24) is 9.97 Å². The smallest absolute Gasteiger partial charge is 0.241 e. The third-order valence-electron chi connectivity index (χ3n) is 1.71. The Morgan fingerprint density at radius 1 is 1.69 bits per heavy atom. The molecule has 0 spiro atoms. The van der Waals surface area contributed by atoms with E-state index in [1.165, 1.54) is 6.08 Å². The lowest BCUT2D eigenvalue weighted by molar-refractivity contribution is -0.113. The molecule has 0 saturated heterocycles. The molecule has 1 aromatic heterocycles. The summed E-state index contributed by atoms with van der Waals surface area (Å²) in [5.74, 6) is 0.460. The van der Waals surface area contributed by atoms with Crippen molar-refractivity contribution in [2.24, 2.45) is 5.73 Å². The van der Waals surface area contributed by atoms with Crippen molar-refractivity contribution < 1.29 is 4.79 Å². The van der Waals surface area contributed by atoms with Gasteiger partial charge in [0.1, 0.15) is 5.82 Å². The highest BCUT2D eigenvalue weighted by molar-refractivity contribution is 5.90.